The molecule has 0 saturated heterocycles. The van der Waals surface area contributed by atoms with Crippen molar-refractivity contribution in [3.05, 3.63) is 58.3 Å². The minimum absolute atomic E-state index is 0.309. The van der Waals surface area contributed by atoms with Gasteiger partial charge >= 0.3 is 0 Å². The van der Waals surface area contributed by atoms with E-state index in [1.54, 1.807) is 30.3 Å². The van der Waals surface area contributed by atoms with Gasteiger partial charge in [-0.1, -0.05) is 0 Å². The quantitative estimate of drug-likeness (QED) is 0.828. The fourth-order valence-electron chi connectivity index (χ4n) is 1.28. The summed E-state index contributed by atoms with van der Waals surface area (Å²) in [6.07, 6.45) is 0. The van der Waals surface area contributed by atoms with Gasteiger partial charge in [0, 0.05) is 0 Å². The van der Waals surface area contributed by atoms with E-state index in [0.717, 1.165) is 0 Å². The highest BCUT2D eigenvalue weighted by Crippen LogP contribution is 2.30. The van der Waals surface area contributed by atoms with Crippen molar-refractivity contribution in [1.29, 1.82) is 5.26 Å². The SMILES string of the molecule is N#Cc1ccc(Oc2ccc(F)cc2)c(Br)c1. The van der Waals surface area contributed by atoms with Gasteiger partial charge < -0.3 is 4.74 Å². The number of rotatable bonds is 2. The normalized spacial score (nSPS) is 9.71. The molecule has 0 spiro atoms. The largest absolute Gasteiger partial charge is 0.456 e. The lowest BCUT2D eigenvalue weighted by Crippen LogP contribution is -1.86. The van der Waals surface area contributed by atoms with Crippen LogP contribution >= 0.6 is 15.9 Å². The van der Waals surface area contributed by atoms with Gasteiger partial charge in [-0.15, -0.1) is 0 Å². The summed E-state index contributed by atoms with van der Waals surface area (Å²) in [4.78, 5) is 0. The monoisotopic (exact) mass is 291 g/mol. The first-order chi connectivity index (χ1) is 8.19. The van der Waals surface area contributed by atoms with Crippen LogP contribution < -0.4 is 4.74 Å². The number of nitrogens with zero attached hydrogens (tertiary/aromatic N) is 1. The average molecular weight is 292 g/mol. The third kappa shape index (κ3) is 2.83. The second kappa shape index (κ2) is 4.98. The van der Waals surface area contributed by atoms with Gasteiger partial charge in [0.1, 0.15) is 17.3 Å². The van der Waals surface area contributed by atoms with Crippen molar-refractivity contribution in [2.45, 2.75) is 0 Å². The van der Waals surface area contributed by atoms with Crippen molar-refractivity contribution in [3.8, 4) is 17.6 Å². The summed E-state index contributed by atoms with van der Waals surface area (Å²) < 4.78 is 18.9. The Labute approximate surface area is 106 Å². The van der Waals surface area contributed by atoms with Gasteiger partial charge in [-0.2, -0.15) is 5.26 Å². The predicted molar refractivity (Wildman–Crippen MR) is 65.3 cm³/mol. The third-order valence-corrected chi connectivity index (χ3v) is 2.72. The van der Waals surface area contributed by atoms with Gasteiger partial charge in [-0.3, -0.25) is 0 Å². The Balaban J connectivity index is 2.25. The summed E-state index contributed by atoms with van der Waals surface area (Å²) in [5.74, 6) is 0.809. The van der Waals surface area contributed by atoms with Gasteiger partial charge in [-0.25, -0.2) is 4.39 Å². The molecule has 0 amide bonds. The number of ether oxygens (including phenoxy) is 1. The smallest absolute Gasteiger partial charge is 0.141 e. The standard InChI is InChI=1S/C13H7BrFNO/c14-12-7-9(8-16)1-6-13(12)17-11-4-2-10(15)3-5-11/h1-7H. The Morgan fingerprint density at radius 2 is 1.82 bits per heavy atom. The molecule has 17 heavy (non-hydrogen) atoms. The highest BCUT2D eigenvalue weighted by molar-refractivity contribution is 9.10. The highest BCUT2D eigenvalue weighted by Gasteiger charge is 2.04. The van der Waals surface area contributed by atoms with Gasteiger partial charge in [0.15, 0.2) is 0 Å². The van der Waals surface area contributed by atoms with Crippen LogP contribution in [0.5, 0.6) is 11.5 Å². The summed E-state index contributed by atoms with van der Waals surface area (Å²) in [5.41, 5.74) is 0.545. The van der Waals surface area contributed by atoms with E-state index < -0.39 is 0 Å². The van der Waals surface area contributed by atoms with Crippen molar-refractivity contribution >= 4 is 15.9 Å². The molecule has 0 radical (unpaired) electrons. The Morgan fingerprint density at radius 3 is 2.41 bits per heavy atom. The molecular weight excluding hydrogens is 285 g/mol. The van der Waals surface area contributed by atoms with Crippen LogP contribution in [0.25, 0.3) is 0 Å². The third-order valence-electron chi connectivity index (χ3n) is 2.10. The number of benzene rings is 2. The van der Waals surface area contributed by atoms with Crippen LogP contribution in [0.3, 0.4) is 0 Å². The first-order valence-corrected chi connectivity index (χ1v) is 5.61. The molecule has 0 atom stereocenters. The molecule has 0 aliphatic heterocycles. The molecule has 4 heteroatoms. The Morgan fingerprint density at radius 1 is 1.12 bits per heavy atom. The van der Waals surface area contributed by atoms with Gasteiger partial charge in [0.2, 0.25) is 0 Å². The van der Waals surface area contributed by atoms with Gasteiger partial charge in [0.05, 0.1) is 16.1 Å². The maximum absolute atomic E-state index is 12.7. The van der Waals surface area contributed by atoms with Crippen molar-refractivity contribution < 1.29 is 9.13 Å². The Hall–Kier alpha value is -1.86. The van der Waals surface area contributed by atoms with Crippen molar-refractivity contribution in [3.63, 3.8) is 0 Å². The molecule has 84 valence electrons. The minimum Gasteiger partial charge on any atom is -0.456 e. The predicted octanol–water partition coefficient (Wildman–Crippen LogP) is 4.25. The molecule has 2 aromatic rings. The zero-order chi connectivity index (χ0) is 12.3. The van der Waals surface area contributed by atoms with Crippen molar-refractivity contribution in [2.24, 2.45) is 0 Å². The molecular formula is C13H7BrFNO. The molecule has 0 unspecified atom stereocenters. The fraction of sp³-hybridized carbons (Fsp3) is 0. The molecule has 0 saturated carbocycles. The van der Waals surface area contributed by atoms with E-state index in [2.05, 4.69) is 15.9 Å². The van der Waals surface area contributed by atoms with Crippen LogP contribution in [-0.2, 0) is 0 Å². The first-order valence-electron chi connectivity index (χ1n) is 4.82. The molecule has 2 aromatic carbocycles. The molecule has 0 aliphatic rings. The lowest BCUT2D eigenvalue weighted by Gasteiger charge is -2.07. The van der Waals surface area contributed by atoms with Crippen molar-refractivity contribution in [1.82, 2.24) is 0 Å². The maximum Gasteiger partial charge on any atom is 0.141 e. The Kier molecular flexibility index (Phi) is 3.40. The number of hydrogen-bond acceptors (Lipinski definition) is 2. The van der Waals surface area contributed by atoms with E-state index in [9.17, 15) is 4.39 Å². The van der Waals surface area contributed by atoms with Crippen LogP contribution in [0.1, 0.15) is 5.56 Å². The minimum atomic E-state index is -0.309. The van der Waals surface area contributed by atoms with Crippen LogP contribution in [0.2, 0.25) is 0 Å². The van der Waals surface area contributed by atoms with E-state index in [4.69, 9.17) is 10.00 Å². The average Bonchev–Trinajstić information content (AvgIpc) is 2.34. The van der Waals surface area contributed by atoms with Gasteiger partial charge in [0.25, 0.3) is 0 Å². The molecule has 2 rings (SSSR count). The van der Waals surface area contributed by atoms with Crippen molar-refractivity contribution in [2.75, 3.05) is 0 Å². The second-order valence-corrected chi connectivity index (χ2v) is 4.17. The number of halogens is 2. The Bertz CT molecular complexity index is 575. The molecule has 0 fully saturated rings. The van der Waals surface area contributed by atoms with E-state index in [1.165, 1.54) is 12.1 Å². The highest BCUT2D eigenvalue weighted by atomic mass is 79.9. The molecule has 0 N–H and O–H groups in total. The van der Waals surface area contributed by atoms with Gasteiger partial charge in [-0.05, 0) is 58.4 Å². The first kappa shape index (κ1) is 11.6. The van der Waals surface area contributed by atoms with E-state index in [1.807, 2.05) is 6.07 Å². The van der Waals surface area contributed by atoms with E-state index >= 15 is 0 Å². The maximum atomic E-state index is 12.7. The molecule has 0 heterocycles. The second-order valence-electron chi connectivity index (χ2n) is 3.31. The molecule has 2 nitrogen and oxygen atoms in total. The number of nitriles is 1. The lowest BCUT2D eigenvalue weighted by molar-refractivity contribution is 0.477. The molecule has 0 aromatic heterocycles. The topological polar surface area (TPSA) is 33.0 Å². The summed E-state index contributed by atoms with van der Waals surface area (Å²) in [7, 11) is 0. The van der Waals surface area contributed by atoms with E-state index in [-0.39, 0.29) is 5.82 Å². The summed E-state index contributed by atoms with van der Waals surface area (Å²) in [6.45, 7) is 0. The summed E-state index contributed by atoms with van der Waals surface area (Å²) in [6, 6.07) is 12.8. The fourth-order valence-corrected chi connectivity index (χ4v) is 1.74. The molecule has 0 aliphatic carbocycles. The van der Waals surface area contributed by atoms with Crippen LogP contribution in [0, 0.1) is 17.1 Å². The van der Waals surface area contributed by atoms with Crippen LogP contribution in [-0.4, -0.2) is 0 Å². The summed E-state index contributed by atoms with van der Waals surface area (Å²) >= 11 is 3.31. The summed E-state index contributed by atoms with van der Waals surface area (Å²) in [5, 5.41) is 8.72. The van der Waals surface area contributed by atoms with Crippen LogP contribution in [0.15, 0.2) is 46.9 Å². The number of hydrogen-bond donors (Lipinski definition) is 0. The zero-order valence-electron chi connectivity index (χ0n) is 8.65. The molecule has 0 bridgehead atoms. The van der Waals surface area contributed by atoms with Crippen LogP contribution in [0.4, 0.5) is 4.39 Å². The van der Waals surface area contributed by atoms with E-state index in [0.29, 0.717) is 21.5 Å². The lowest BCUT2D eigenvalue weighted by atomic mass is 10.2. The zero-order valence-corrected chi connectivity index (χ0v) is 10.2.